The average Bonchev–Trinajstić information content (AvgIpc) is 2.93. The highest BCUT2D eigenvalue weighted by atomic mass is 35.5. The molecule has 0 aromatic carbocycles. The number of hydrogen-bond acceptors (Lipinski definition) is 2. The first-order valence-electron chi connectivity index (χ1n) is 6.25. The third-order valence-corrected chi connectivity index (χ3v) is 4.06. The van der Waals surface area contributed by atoms with Gasteiger partial charge in [-0.1, -0.05) is 32.1 Å². The molecule has 88 valence electrons. The zero-order valence-electron chi connectivity index (χ0n) is 9.20. The molecule has 2 aliphatic rings. The van der Waals surface area contributed by atoms with Crippen LogP contribution in [0, 0.1) is 0 Å². The Morgan fingerprint density at radius 3 is 2.40 bits per heavy atom. The quantitative estimate of drug-likeness (QED) is 0.515. The molecule has 1 saturated heterocycles. The standard InChI is InChI=1S/C12H21ClO2/c13-9-6-4-2-1-3-5-7-11-12(15-11)8-10(9)14/h9-12,14H,1-8H2. The van der Waals surface area contributed by atoms with Gasteiger partial charge in [0, 0.05) is 6.42 Å². The van der Waals surface area contributed by atoms with Gasteiger partial charge in [0.2, 0.25) is 0 Å². The second kappa shape index (κ2) is 5.51. The van der Waals surface area contributed by atoms with Gasteiger partial charge in [-0.15, -0.1) is 11.6 Å². The fourth-order valence-electron chi connectivity index (χ4n) is 2.43. The van der Waals surface area contributed by atoms with Gasteiger partial charge in [0.25, 0.3) is 0 Å². The van der Waals surface area contributed by atoms with Crippen molar-refractivity contribution in [1.82, 2.24) is 0 Å². The van der Waals surface area contributed by atoms with E-state index >= 15 is 0 Å². The fourth-order valence-corrected chi connectivity index (χ4v) is 2.69. The number of epoxide rings is 1. The van der Waals surface area contributed by atoms with Crippen LogP contribution >= 0.6 is 11.6 Å². The molecule has 15 heavy (non-hydrogen) atoms. The monoisotopic (exact) mass is 232 g/mol. The molecule has 1 aliphatic carbocycles. The van der Waals surface area contributed by atoms with Gasteiger partial charge < -0.3 is 9.84 Å². The third kappa shape index (κ3) is 3.61. The van der Waals surface area contributed by atoms with Crippen molar-refractivity contribution in [2.75, 3.05) is 0 Å². The van der Waals surface area contributed by atoms with E-state index in [9.17, 15) is 5.11 Å². The topological polar surface area (TPSA) is 32.8 Å². The molecule has 0 aromatic rings. The molecule has 0 bridgehead atoms. The molecule has 0 spiro atoms. The maximum absolute atomic E-state index is 9.85. The molecule has 3 heteroatoms. The Morgan fingerprint density at radius 1 is 0.933 bits per heavy atom. The molecule has 0 aromatic heterocycles. The smallest absolute Gasteiger partial charge is 0.0867 e. The predicted molar refractivity (Wildman–Crippen MR) is 61.2 cm³/mol. The zero-order valence-corrected chi connectivity index (χ0v) is 9.96. The second-order valence-corrected chi connectivity index (χ2v) is 5.44. The number of hydrogen-bond donors (Lipinski definition) is 1. The van der Waals surface area contributed by atoms with E-state index in [4.69, 9.17) is 16.3 Å². The molecule has 2 nitrogen and oxygen atoms in total. The summed E-state index contributed by atoms with van der Waals surface area (Å²) >= 11 is 6.14. The third-order valence-electron chi connectivity index (χ3n) is 3.55. The van der Waals surface area contributed by atoms with E-state index in [2.05, 4.69) is 0 Å². The van der Waals surface area contributed by atoms with E-state index in [0.717, 1.165) is 19.3 Å². The lowest BCUT2D eigenvalue weighted by Crippen LogP contribution is -2.23. The van der Waals surface area contributed by atoms with Gasteiger partial charge in [-0.2, -0.15) is 0 Å². The Morgan fingerprint density at radius 2 is 1.60 bits per heavy atom. The minimum atomic E-state index is -0.374. The zero-order chi connectivity index (χ0) is 10.7. The molecule has 1 heterocycles. The van der Waals surface area contributed by atoms with Crippen LogP contribution < -0.4 is 0 Å². The SMILES string of the molecule is OC1CC2OC2CCCCCCCC1Cl. The Kier molecular flexibility index (Phi) is 4.30. The van der Waals surface area contributed by atoms with Crippen molar-refractivity contribution < 1.29 is 9.84 Å². The van der Waals surface area contributed by atoms with Gasteiger partial charge in [-0.3, -0.25) is 0 Å². The summed E-state index contributed by atoms with van der Waals surface area (Å²) < 4.78 is 5.53. The summed E-state index contributed by atoms with van der Waals surface area (Å²) in [5, 5.41) is 9.77. The van der Waals surface area contributed by atoms with Gasteiger partial charge in [0.05, 0.1) is 23.7 Å². The minimum Gasteiger partial charge on any atom is -0.391 e. The summed E-state index contributed by atoms with van der Waals surface area (Å²) in [5.74, 6) is 0. The molecule has 1 N–H and O–H groups in total. The molecule has 0 amide bonds. The van der Waals surface area contributed by atoms with Crippen LogP contribution in [-0.4, -0.2) is 28.8 Å². The first-order chi connectivity index (χ1) is 7.27. The van der Waals surface area contributed by atoms with E-state index in [1.807, 2.05) is 0 Å². The van der Waals surface area contributed by atoms with Gasteiger partial charge in [-0.05, 0) is 12.8 Å². The highest BCUT2D eigenvalue weighted by Gasteiger charge is 2.40. The molecule has 4 atom stereocenters. The van der Waals surface area contributed by atoms with Crippen molar-refractivity contribution in [3.05, 3.63) is 0 Å². The van der Waals surface area contributed by atoms with Crippen molar-refractivity contribution in [3.8, 4) is 0 Å². The largest absolute Gasteiger partial charge is 0.391 e. The van der Waals surface area contributed by atoms with Crippen LogP contribution in [0.25, 0.3) is 0 Å². The van der Waals surface area contributed by atoms with Crippen LogP contribution in [0.4, 0.5) is 0 Å². The van der Waals surface area contributed by atoms with Gasteiger partial charge in [0.1, 0.15) is 0 Å². The lowest BCUT2D eigenvalue weighted by molar-refractivity contribution is 0.143. The van der Waals surface area contributed by atoms with E-state index < -0.39 is 0 Å². The summed E-state index contributed by atoms with van der Waals surface area (Å²) in [4.78, 5) is 0. The van der Waals surface area contributed by atoms with Crippen LogP contribution in [0.3, 0.4) is 0 Å². The molecule has 2 fully saturated rings. The van der Waals surface area contributed by atoms with Crippen LogP contribution in [-0.2, 0) is 4.74 Å². The molecular formula is C12H21ClO2. The average molecular weight is 233 g/mol. The Balaban J connectivity index is 1.80. The lowest BCUT2D eigenvalue weighted by atomic mass is 9.99. The van der Waals surface area contributed by atoms with Crippen LogP contribution in [0.2, 0.25) is 0 Å². The number of aliphatic hydroxyl groups is 1. The number of alkyl halides is 1. The molecule has 4 unspecified atom stereocenters. The fraction of sp³-hybridized carbons (Fsp3) is 1.00. The summed E-state index contributed by atoms with van der Waals surface area (Å²) in [6, 6.07) is 0. The molecule has 1 aliphatic heterocycles. The lowest BCUT2D eigenvalue weighted by Gasteiger charge is -2.16. The molecular weight excluding hydrogens is 212 g/mol. The minimum absolute atomic E-state index is 0.0747. The second-order valence-electron chi connectivity index (χ2n) is 4.88. The Hall–Kier alpha value is 0.210. The Bertz CT molecular complexity index is 198. The van der Waals surface area contributed by atoms with E-state index in [0.29, 0.717) is 12.2 Å². The molecule has 2 rings (SSSR count). The van der Waals surface area contributed by atoms with E-state index in [-0.39, 0.29) is 11.5 Å². The number of rotatable bonds is 0. The summed E-state index contributed by atoms with van der Waals surface area (Å²) in [7, 11) is 0. The predicted octanol–water partition coefficient (Wildman–Crippen LogP) is 2.86. The highest BCUT2D eigenvalue weighted by molar-refractivity contribution is 6.21. The normalized spacial score (nSPS) is 43.6. The maximum atomic E-state index is 9.85. The van der Waals surface area contributed by atoms with Gasteiger partial charge in [-0.25, -0.2) is 0 Å². The number of halogens is 1. The highest BCUT2D eigenvalue weighted by Crippen LogP contribution is 2.33. The van der Waals surface area contributed by atoms with Gasteiger partial charge in [0.15, 0.2) is 0 Å². The van der Waals surface area contributed by atoms with Crippen molar-refractivity contribution in [3.63, 3.8) is 0 Å². The summed E-state index contributed by atoms with van der Waals surface area (Å²) in [5.41, 5.74) is 0. The summed E-state index contributed by atoms with van der Waals surface area (Å²) in [6.45, 7) is 0. The van der Waals surface area contributed by atoms with Crippen molar-refractivity contribution in [1.29, 1.82) is 0 Å². The van der Waals surface area contributed by atoms with E-state index in [1.54, 1.807) is 0 Å². The van der Waals surface area contributed by atoms with Crippen molar-refractivity contribution >= 4 is 11.6 Å². The Labute approximate surface area is 97.0 Å². The maximum Gasteiger partial charge on any atom is 0.0867 e. The van der Waals surface area contributed by atoms with Gasteiger partial charge >= 0.3 is 0 Å². The molecule has 0 radical (unpaired) electrons. The number of aliphatic hydroxyl groups excluding tert-OH is 1. The first-order valence-corrected chi connectivity index (χ1v) is 6.68. The van der Waals surface area contributed by atoms with Crippen LogP contribution in [0.1, 0.15) is 51.4 Å². The first kappa shape index (κ1) is 11.7. The summed E-state index contributed by atoms with van der Waals surface area (Å²) in [6.07, 6.45) is 9.50. The van der Waals surface area contributed by atoms with E-state index in [1.165, 1.54) is 32.1 Å². The molecule has 1 saturated carbocycles. The van der Waals surface area contributed by atoms with Crippen LogP contribution in [0.5, 0.6) is 0 Å². The van der Waals surface area contributed by atoms with Crippen molar-refractivity contribution in [2.24, 2.45) is 0 Å². The van der Waals surface area contributed by atoms with Crippen LogP contribution in [0.15, 0.2) is 0 Å². The number of fused-ring (bicyclic) bond motifs is 1. The van der Waals surface area contributed by atoms with Crippen molar-refractivity contribution in [2.45, 2.75) is 75.1 Å². The number of ether oxygens (including phenoxy) is 1.